The monoisotopic (exact) mass is 294 g/mol. The average molecular weight is 294 g/mol. The number of ether oxygens (including phenoxy) is 1. The van der Waals surface area contributed by atoms with Gasteiger partial charge in [0.1, 0.15) is 6.10 Å². The van der Waals surface area contributed by atoms with Crippen molar-refractivity contribution in [2.24, 2.45) is 0 Å². The van der Waals surface area contributed by atoms with Gasteiger partial charge in [0.2, 0.25) is 5.79 Å². The van der Waals surface area contributed by atoms with Crippen LogP contribution in [0, 0.1) is 0 Å². The molecule has 6 heteroatoms. The maximum Gasteiger partial charge on any atom is 0.333 e. The van der Waals surface area contributed by atoms with Gasteiger partial charge in [-0.05, 0) is 36.6 Å². The summed E-state index contributed by atoms with van der Waals surface area (Å²) in [4.78, 5) is 11.7. The topological polar surface area (TPSA) is 107 Å². The van der Waals surface area contributed by atoms with E-state index in [4.69, 9.17) is 4.74 Å². The number of aliphatic hydroxyl groups is 2. The SMILES string of the molecule is O=C(/C=C/c1ccc(O)c(O)c1)OC1(O)CCCCC1O. The number of benzene rings is 1. The minimum absolute atomic E-state index is 0.202. The van der Waals surface area contributed by atoms with E-state index >= 15 is 0 Å². The third kappa shape index (κ3) is 3.74. The first kappa shape index (κ1) is 15.3. The smallest absolute Gasteiger partial charge is 0.333 e. The maximum atomic E-state index is 11.7. The van der Waals surface area contributed by atoms with Gasteiger partial charge in [-0.25, -0.2) is 4.79 Å². The highest BCUT2D eigenvalue weighted by Gasteiger charge is 2.41. The van der Waals surface area contributed by atoms with Crippen LogP contribution in [0.2, 0.25) is 0 Å². The van der Waals surface area contributed by atoms with Crippen LogP contribution in [0.15, 0.2) is 24.3 Å². The first-order chi connectivity index (χ1) is 9.90. The van der Waals surface area contributed by atoms with Gasteiger partial charge in [-0.1, -0.05) is 12.5 Å². The zero-order valence-electron chi connectivity index (χ0n) is 11.4. The van der Waals surface area contributed by atoms with Crippen LogP contribution in [-0.4, -0.2) is 38.3 Å². The van der Waals surface area contributed by atoms with Gasteiger partial charge in [0.25, 0.3) is 0 Å². The van der Waals surface area contributed by atoms with Crippen LogP contribution >= 0.6 is 0 Å². The van der Waals surface area contributed by atoms with Crippen molar-refractivity contribution >= 4 is 12.0 Å². The average Bonchev–Trinajstić information content (AvgIpc) is 2.44. The molecule has 1 aromatic rings. The molecule has 1 aliphatic rings. The lowest BCUT2D eigenvalue weighted by molar-refractivity contribution is -0.255. The summed E-state index contributed by atoms with van der Waals surface area (Å²) in [6.07, 6.45) is 3.43. The first-order valence-electron chi connectivity index (χ1n) is 6.74. The van der Waals surface area contributed by atoms with Gasteiger partial charge in [-0.2, -0.15) is 0 Å². The zero-order chi connectivity index (χ0) is 15.5. The van der Waals surface area contributed by atoms with E-state index in [2.05, 4.69) is 0 Å². The van der Waals surface area contributed by atoms with Crippen LogP contribution in [-0.2, 0) is 9.53 Å². The quantitative estimate of drug-likeness (QED) is 0.289. The van der Waals surface area contributed by atoms with Crippen LogP contribution in [0.25, 0.3) is 6.08 Å². The Morgan fingerprint density at radius 2 is 2.05 bits per heavy atom. The molecule has 1 aromatic carbocycles. The summed E-state index contributed by atoms with van der Waals surface area (Å²) in [6, 6.07) is 4.07. The maximum absolute atomic E-state index is 11.7. The standard InChI is InChI=1S/C15H18O6/c16-11-6-4-10(9-12(11)17)5-7-14(19)21-15(20)8-2-1-3-13(15)18/h4-7,9,13,16-18,20H,1-3,8H2/b7-5+. The van der Waals surface area contributed by atoms with Crippen LogP contribution < -0.4 is 0 Å². The third-order valence-corrected chi connectivity index (χ3v) is 3.47. The second-order valence-corrected chi connectivity index (χ2v) is 5.11. The number of aromatic hydroxyl groups is 2. The summed E-state index contributed by atoms with van der Waals surface area (Å²) < 4.78 is 4.93. The highest BCUT2D eigenvalue weighted by atomic mass is 16.7. The summed E-state index contributed by atoms with van der Waals surface area (Å²) in [5, 5.41) is 38.3. The number of carbonyl (C=O) groups excluding carboxylic acids is 1. The molecule has 1 saturated carbocycles. The lowest BCUT2D eigenvalue weighted by Gasteiger charge is -2.35. The largest absolute Gasteiger partial charge is 0.504 e. The molecule has 2 unspecified atom stereocenters. The summed E-state index contributed by atoms with van der Waals surface area (Å²) in [6.45, 7) is 0. The highest BCUT2D eigenvalue weighted by Crippen LogP contribution is 2.30. The summed E-state index contributed by atoms with van der Waals surface area (Å²) in [5.74, 6) is -3.18. The number of rotatable bonds is 3. The molecule has 0 radical (unpaired) electrons. The predicted molar refractivity (Wildman–Crippen MR) is 74.3 cm³/mol. The second kappa shape index (κ2) is 6.15. The van der Waals surface area contributed by atoms with E-state index in [1.54, 1.807) is 0 Å². The van der Waals surface area contributed by atoms with Gasteiger partial charge in [-0.3, -0.25) is 0 Å². The Hall–Kier alpha value is -2.05. The van der Waals surface area contributed by atoms with E-state index < -0.39 is 17.9 Å². The van der Waals surface area contributed by atoms with E-state index in [1.165, 1.54) is 24.3 Å². The van der Waals surface area contributed by atoms with Crippen LogP contribution in [0.1, 0.15) is 31.2 Å². The molecule has 2 rings (SSSR count). The zero-order valence-corrected chi connectivity index (χ0v) is 11.4. The van der Waals surface area contributed by atoms with Crippen molar-refractivity contribution < 1.29 is 30.0 Å². The van der Waals surface area contributed by atoms with Crippen LogP contribution in [0.5, 0.6) is 11.5 Å². The summed E-state index contributed by atoms with van der Waals surface area (Å²) >= 11 is 0. The molecular weight excluding hydrogens is 276 g/mol. The normalized spacial score (nSPS) is 25.9. The Balaban J connectivity index is 2.00. The molecular formula is C15H18O6. The molecule has 0 heterocycles. The number of carbonyl (C=O) groups is 1. The van der Waals surface area contributed by atoms with Crippen LogP contribution in [0.4, 0.5) is 0 Å². The molecule has 6 nitrogen and oxygen atoms in total. The van der Waals surface area contributed by atoms with E-state index in [-0.39, 0.29) is 17.9 Å². The lowest BCUT2D eigenvalue weighted by Crippen LogP contribution is -2.48. The van der Waals surface area contributed by atoms with Crippen molar-refractivity contribution in [2.45, 2.75) is 37.6 Å². The van der Waals surface area contributed by atoms with E-state index in [1.807, 2.05) is 0 Å². The Bertz CT molecular complexity index is 553. The number of hydrogen-bond donors (Lipinski definition) is 4. The molecule has 1 fully saturated rings. The number of hydrogen-bond acceptors (Lipinski definition) is 6. The van der Waals surface area contributed by atoms with Gasteiger partial charge < -0.3 is 25.2 Å². The van der Waals surface area contributed by atoms with E-state index in [0.717, 1.165) is 12.5 Å². The van der Waals surface area contributed by atoms with Crippen LogP contribution in [0.3, 0.4) is 0 Å². The minimum Gasteiger partial charge on any atom is -0.504 e. The van der Waals surface area contributed by atoms with Crippen molar-refractivity contribution in [1.29, 1.82) is 0 Å². The van der Waals surface area contributed by atoms with Gasteiger partial charge in [-0.15, -0.1) is 0 Å². The van der Waals surface area contributed by atoms with Crippen molar-refractivity contribution in [1.82, 2.24) is 0 Å². The fraction of sp³-hybridized carbons (Fsp3) is 0.400. The van der Waals surface area contributed by atoms with Gasteiger partial charge in [0, 0.05) is 12.5 Å². The Kier molecular flexibility index (Phi) is 4.50. The highest BCUT2D eigenvalue weighted by molar-refractivity contribution is 5.87. The molecule has 21 heavy (non-hydrogen) atoms. The molecule has 0 amide bonds. The molecule has 0 spiro atoms. The molecule has 1 aliphatic carbocycles. The van der Waals surface area contributed by atoms with Gasteiger partial charge >= 0.3 is 5.97 Å². The molecule has 0 bridgehead atoms. The molecule has 0 aromatic heterocycles. The van der Waals surface area contributed by atoms with Gasteiger partial charge in [0.15, 0.2) is 11.5 Å². The van der Waals surface area contributed by atoms with Crippen molar-refractivity contribution in [3.8, 4) is 11.5 Å². The van der Waals surface area contributed by atoms with Crippen molar-refractivity contribution in [3.05, 3.63) is 29.8 Å². The number of phenols is 2. The molecule has 4 N–H and O–H groups in total. The van der Waals surface area contributed by atoms with E-state index in [9.17, 15) is 25.2 Å². The molecule has 114 valence electrons. The number of aliphatic hydroxyl groups excluding tert-OH is 1. The number of esters is 1. The predicted octanol–water partition coefficient (Wildman–Crippen LogP) is 1.28. The minimum atomic E-state index is -1.84. The lowest BCUT2D eigenvalue weighted by atomic mass is 9.91. The van der Waals surface area contributed by atoms with E-state index in [0.29, 0.717) is 18.4 Å². The summed E-state index contributed by atoms with van der Waals surface area (Å²) in [5.41, 5.74) is 0.485. The van der Waals surface area contributed by atoms with Crippen molar-refractivity contribution in [2.75, 3.05) is 0 Å². The first-order valence-corrected chi connectivity index (χ1v) is 6.74. The van der Waals surface area contributed by atoms with Crippen molar-refractivity contribution in [3.63, 3.8) is 0 Å². The Morgan fingerprint density at radius 3 is 2.71 bits per heavy atom. The fourth-order valence-corrected chi connectivity index (χ4v) is 2.24. The molecule has 0 aliphatic heterocycles. The third-order valence-electron chi connectivity index (χ3n) is 3.47. The fourth-order valence-electron chi connectivity index (χ4n) is 2.24. The molecule has 0 saturated heterocycles. The molecule has 2 atom stereocenters. The Morgan fingerprint density at radius 1 is 1.29 bits per heavy atom. The Labute approximate surface area is 121 Å². The van der Waals surface area contributed by atoms with Gasteiger partial charge in [0.05, 0.1) is 0 Å². The summed E-state index contributed by atoms with van der Waals surface area (Å²) in [7, 11) is 0. The number of phenolic OH excluding ortho intramolecular Hbond substituents is 2. The second-order valence-electron chi connectivity index (χ2n) is 5.11.